The first-order valence-corrected chi connectivity index (χ1v) is 7.78. The van der Waals surface area contributed by atoms with E-state index < -0.39 is 11.6 Å². The summed E-state index contributed by atoms with van der Waals surface area (Å²) in [6.45, 7) is 0. The van der Waals surface area contributed by atoms with E-state index >= 15 is 0 Å². The number of halogens is 2. The van der Waals surface area contributed by atoms with Gasteiger partial charge in [-0.1, -0.05) is 23.9 Å². The van der Waals surface area contributed by atoms with Crippen LogP contribution in [0.25, 0.3) is 0 Å². The molecule has 7 heteroatoms. The summed E-state index contributed by atoms with van der Waals surface area (Å²) in [6, 6.07) is 11.1. The van der Waals surface area contributed by atoms with Crippen molar-refractivity contribution in [2.24, 2.45) is 10.1 Å². The molecule has 2 aromatic rings. The molecule has 1 aliphatic heterocycles. The van der Waals surface area contributed by atoms with Crippen LogP contribution in [-0.2, 0) is 0 Å². The van der Waals surface area contributed by atoms with Crippen LogP contribution in [0.2, 0.25) is 0 Å². The van der Waals surface area contributed by atoms with Gasteiger partial charge in [0, 0.05) is 11.3 Å². The molecule has 0 saturated heterocycles. The lowest BCUT2D eigenvalue weighted by Crippen LogP contribution is -2.25. The van der Waals surface area contributed by atoms with Crippen LogP contribution in [-0.4, -0.2) is 23.7 Å². The zero-order valence-corrected chi connectivity index (χ0v) is 13.0. The van der Waals surface area contributed by atoms with Crippen molar-refractivity contribution < 1.29 is 13.5 Å². The molecule has 23 heavy (non-hydrogen) atoms. The number of amidine groups is 1. The van der Waals surface area contributed by atoms with E-state index in [4.69, 9.17) is 4.74 Å². The lowest BCUT2D eigenvalue weighted by Gasteiger charge is -2.15. The maximum atomic E-state index is 13.3. The van der Waals surface area contributed by atoms with Crippen molar-refractivity contribution in [2.45, 2.75) is 0 Å². The summed E-state index contributed by atoms with van der Waals surface area (Å²) in [4.78, 5) is 4.45. The summed E-state index contributed by atoms with van der Waals surface area (Å²) in [6.07, 6.45) is 0. The molecule has 0 saturated carbocycles. The number of hydrogen-bond acceptors (Lipinski definition) is 4. The zero-order chi connectivity index (χ0) is 16.2. The van der Waals surface area contributed by atoms with Crippen molar-refractivity contribution in [3.8, 4) is 5.75 Å². The molecular weight excluding hydrogens is 320 g/mol. The fourth-order valence-corrected chi connectivity index (χ4v) is 2.81. The Balaban J connectivity index is 1.80. The van der Waals surface area contributed by atoms with Crippen LogP contribution in [0.4, 0.5) is 14.5 Å². The number of aliphatic imine (C=N–C) groups is 1. The molecule has 118 valence electrons. The monoisotopic (exact) mass is 333 g/mol. The number of thioether (sulfide) groups is 1. The number of methoxy groups -OCH3 is 1. The molecule has 1 aliphatic rings. The lowest BCUT2D eigenvalue weighted by molar-refractivity contribution is 0.416. The topological polar surface area (TPSA) is 46.0 Å². The molecule has 0 radical (unpaired) electrons. The minimum absolute atomic E-state index is 0.506. The second-order valence-electron chi connectivity index (χ2n) is 4.68. The van der Waals surface area contributed by atoms with Gasteiger partial charge in [0.2, 0.25) is 0 Å². The van der Waals surface area contributed by atoms with Gasteiger partial charge in [0.15, 0.2) is 16.8 Å². The van der Waals surface area contributed by atoms with Gasteiger partial charge in [-0.2, -0.15) is 5.10 Å². The molecule has 0 amide bonds. The molecule has 1 heterocycles. The summed E-state index contributed by atoms with van der Waals surface area (Å²) in [7, 11) is 1.58. The average Bonchev–Trinajstić information content (AvgIpc) is 2.58. The second-order valence-corrected chi connectivity index (χ2v) is 5.64. The largest absolute Gasteiger partial charge is 0.494 e. The van der Waals surface area contributed by atoms with Crippen molar-refractivity contribution in [1.29, 1.82) is 0 Å². The molecule has 0 fully saturated rings. The Morgan fingerprint density at radius 3 is 2.70 bits per heavy atom. The van der Waals surface area contributed by atoms with Crippen LogP contribution < -0.4 is 10.2 Å². The normalized spacial score (nSPS) is 16.0. The molecule has 0 aliphatic carbocycles. The third-order valence-electron chi connectivity index (χ3n) is 3.19. The van der Waals surface area contributed by atoms with E-state index in [-0.39, 0.29) is 0 Å². The van der Waals surface area contributed by atoms with E-state index in [0.717, 1.165) is 12.1 Å². The first-order chi connectivity index (χ1) is 11.2. The fraction of sp³-hybridized carbons (Fsp3) is 0.125. The number of nitrogens with zero attached hydrogens (tertiary/aromatic N) is 2. The lowest BCUT2D eigenvalue weighted by atomic mass is 10.1. The zero-order valence-electron chi connectivity index (χ0n) is 12.2. The SMILES string of the molecule is COc1ccccc1N=C1NN=C(c2ccc(F)c(F)c2)CS1. The highest BCUT2D eigenvalue weighted by molar-refractivity contribution is 8.14. The first kappa shape index (κ1) is 15.5. The van der Waals surface area contributed by atoms with Gasteiger partial charge in [-0.05, 0) is 30.3 Å². The molecule has 0 atom stereocenters. The van der Waals surface area contributed by atoms with Crippen LogP contribution in [0.3, 0.4) is 0 Å². The Bertz CT molecular complexity index is 793. The van der Waals surface area contributed by atoms with E-state index in [0.29, 0.717) is 33.6 Å². The predicted octanol–water partition coefficient (Wildman–Crippen LogP) is 3.70. The maximum Gasteiger partial charge on any atom is 0.182 e. The van der Waals surface area contributed by atoms with Crippen molar-refractivity contribution in [1.82, 2.24) is 5.43 Å². The molecular formula is C16H13F2N3OS. The summed E-state index contributed by atoms with van der Waals surface area (Å²) in [5.74, 6) is -0.586. The fourth-order valence-electron chi connectivity index (χ4n) is 2.03. The molecule has 0 unspecified atom stereocenters. The van der Waals surface area contributed by atoms with Gasteiger partial charge in [-0.25, -0.2) is 13.8 Å². The molecule has 0 bridgehead atoms. The average molecular weight is 333 g/mol. The van der Waals surface area contributed by atoms with Crippen LogP contribution >= 0.6 is 11.8 Å². The number of para-hydroxylation sites is 2. The predicted molar refractivity (Wildman–Crippen MR) is 88.6 cm³/mol. The quantitative estimate of drug-likeness (QED) is 0.931. The van der Waals surface area contributed by atoms with Gasteiger partial charge in [-0.15, -0.1) is 0 Å². The van der Waals surface area contributed by atoms with Crippen molar-refractivity contribution in [3.63, 3.8) is 0 Å². The van der Waals surface area contributed by atoms with Gasteiger partial charge in [0.05, 0.1) is 12.8 Å². The van der Waals surface area contributed by atoms with E-state index in [1.54, 1.807) is 7.11 Å². The first-order valence-electron chi connectivity index (χ1n) is 6.80. The van der Waals surface area contributed by atoms with Gasteiger partial charge >= 0.3 is 0 Å². The van der Waals surface area contributed by atoms with Crippen molar-refractivity contribution in [2.75, 3.05) is 12.9 Å². The minimum Gasteiger partial charge on any atom is -0.494 e. The number of rotatable bonds is 3. The smallest absolute Gasteiger partial charge is 0.182 e. The standard InChI is InChI=1S/C16H13F2N3OS/c1-22-15-5-3-2-4-13(15)19-16-21-20-14(9-23-16)10-6-7-11(17)12(18)8-10/h2-8H,9H2,1H3,(H,19,21). The van der Waals surface area contributed by atoms with Gasteiger partial charge in [0.1, 0.15) is 11.4 Å². The van der Waals surface area contributed by atoms with Crippen molar-refractivity contribution in [3.05, 3.63) is 59.7 Å². The van der Waals surface area contributed by atoms with Crippen LogP contribution in [0.5, 0.6) is 5.75 Å². The highest BCUT2D eigenvalue weighted by Gasteiger charge is 2.15. The Morgan fingerprint density at radius 1 is 1.17 bits per heavy atom. The van der Waals surface area contributed by atoms with Gasteiger partial charge < -0.3 is 4.74 Å². The van der Waals surface area contributed by atoms with E-state index in [2.05, 4.69) is 15.5 Å². The third-order valence-corrected chi connectivity index (χ3v) is 4.07. The summed E-state index contributed by atoms with van der Waals surface area (Å²) in [5.41, 5.74) is 4.70. The van der Waals surface area contributed by atoms with E-state index in [1.807, 2.05) is 24.3 Å². The number of hydrazone groups is 1. The Labute approximate surface area is 136 Å². The molecule has 1 N–H and O–H groups in total. The van der Waals surface area contributed by atoms with Crippen molar-refractivity contribution >= 4 is 28.3 Å². The Kier molecular flexibility index (Phi) is 4.57. The highest BCUT2D eigenvalue weighted by Crippen LogP contribution is 2.28. The van der Waals surface area contributed by atoms with Gasteiger partial charge in [0.25, 0.3) is 0 Å². The third kappa shape index (κ3) is 3.50. The highest BCUT2D eigenvalue weighted by atomic mass is 32.2. The Hall–Kier alpha value is -2.41. The van der Waals surface area contributed by atoms with Crippen LogP contribution in [0.15, 0.2) is 52.6 Å². The number of ether oxygens (including phenoxy) is 1. The summed E-state index contributed by atoms with van der Waals surface area (Å²) < 4.78 is 31.5. The maximum absolute atomic E-state index is 13.3. The van der Waals surface area contributed by atoms with E-state index in [9.17, 15) is 8.78 Å². The second kappa shape index (κ2) is 6.78. The molecule has 2 aromatic carbocycles. The summed E-state index contributed by atoms with van der Waals surface area (Å²) in [5, 5.41) is 4.80. The molecule has 0 spiro atoms. The number of hydrogen-bond donors (Lipinski definition) is 1. The number of benzene rings is 2. The molecule has 0 aromatic heterocycles. The van der Waals surface area contributed by atoms with Gasteiger partial charge in [-0.3, -0.25) is 5.43 Å². The number of nitrogens with one attached hydrogen (secondary N) is 1. The molecule has 3 rings (SSSR count). The van der Waals surface area contributed by atoms with Crippen LogP contribution in [0.1, 0.15) is 5.56 Å². The summed E-state index contributed by atoms with van der Waals surface area (Å²) >= 11 is 1.43. The minimum atomic E-state index is -0.885. The van der Waals surface area contributed by atoms with E-state index in [1.165, 1.54) is 17.8 Å². The molecule has 4 nitrogen and oxygen atoms in total. The van der Waals surface area contributed by atoms with Crippen LogP contribution in [0, 0.1) is 11.6 Å². The Morgan fingerprint density at radius 2 is 2.00 bits per heavy atom.